The minimum atomic E-state index is -0.846. The highest BCUT2D eigenvalue weighted by molar-refractivity contribution is 5.87. The Kier molecular flexibility index (Phi) is 7.92. The lowest BCUT2D eigenvalue weighted by Gasteiger charge is -2.28. The van der Waals surface area contributed by atoms with Crippen LogP contribution in [0.2, 0.25) is 0 Å². The Morgan fingerprint density at radius 3 is 2.48 bits per heavy atom. The molecular weight excluding hydrogens is 502 g/mol. The number of fused-ring (bicyclic) bond motifs is 1. The number of hydrogen-bond donors (Lipinski definition) is 1. The van der Waals surface area contributed by atoms with E-state index in [2.05, 4.69) is 23.1 Å². The minimum Gasteiger partial charge on any atom is -0.478 e. The molecular formula is C32H33N5O3. The number of aliphatic carboxylic acids is 1. The summed E-state index contributed by atoms with van der Waals surface area (Å²) in [6.07, 6.45) is 6.72. The highest BCUT2D eigenvalue weighted by Crippen LogP contribution is 2.34. The number of aryl methyl sites for hydroxylation is 1. The first-order valence-corrected chi connectivity index (χ1v) is 13.9. The Labute approximate surface area is 233 Å². The van der Waals surface area contributed by atoms with Gasteiger partial charge in [0, 0.05) is 23.6 Å². The Hall–Kier alpha value is -4.51. The molecule has 0 aliphatic heterocycles. The van der Waals surface area contributed by atoms with Gasteiger partial charge in [0.1, 0.15) is 6.33 Å². The molecule has 1 N–H and O–H groups in total. The lowest BCUT2D eigenvalue weighted by atomic mass is 9.86. The molecule has 0 unspecified atom stereocenters. The molecule has 1 saturated carbocycles. The van der Waals surface area contributed by atoms with Gasteiger partial charge in [0.15, 0.2) is 0 Å². The summed E-state index contributed by atoms with van der Waals surface area (Å²) >= 11 is 0. The van der Waals surface area contributed by atoms with E-state index in [9.17, 15) is 20.0 Å². The number of rotatable bonds is 8. The predicted molar refractivity (Wildman–Crippen MR) is 153 cm³/mol. The summed E-state index contributed by atoms with van der Waals surface area (Å²) in [5.41, 5.74) is 6.50. The first-order chi connectivity index (χ1) is 19.5. The molecule has 0 atom stereocenters. The number of nitriles is 1. The zero-order valence-corrected chi connectivity index (χ0v) is 22.9. The van der Waals surface area contributed by atoms with E-state index in [-0.39, 0.29) is 11.6 Å². The van der Waals surface area contributed by atoms with Crippen LogP contribution in [-0.4, -0.2) is 30.2 Å². The highest BCUT2D eigenvalue weighted by Gasteiger charge is 2.27. The van der Waals surface area contributed by atoms with Crippen molar-refractivity contribution in [1.82, 2.24) is 19.2 Å². The van der Waals surface area contributed by atoms with Crippen molar-refractivity contribution in [2.45, 2.75) is 71.3 Å². The molecule has 2 aromatic carbocycles. The van der Waals surface area contributed by atoms with Crippen LogP contribution in [0.25, 0.3) is 16.9 Å². The first kappa shape index (κ1) is 27.1. The largest absolute Gasteiger partial charge is 0.478 e. The van der Waals surface area contributed by atoms with Crippen molar-refractivity contribution in [2.75, 3.05) is 0 Å². The fraction of sp³-hybridized carbons (Fsp3) is 0.344. The van der Waals surface area contributed by atoms with E-state index in [0.29, 0.717) is 67.4 Å². The number of carboxylic acid groups (broad SMARTS) is 1. The number of carbonyl (C=O) groups is 1. The summed E-state index contributed by atoms with van der Waals surface area (Å²) in [4.78, 5) is 30.3. The fourth-order valence-corrected chi connectivity index (χ4v) is 5.98. The van der Waals surface area contributed by atoms with E-state index in [1.165, 1.54) is 6.33 Å². The van der Waals surface area contributed by atoms with Crippen molar-refractivity contribution in [3.63, 3.8) is 0 Å². The Morgan fingerprint density at radius 2 is 1.82 bits per heavy atom. The molecule has 2 aromatic heterocycles. The molecule has 1 fully saturated rings. The van der Waals surface area contributed by atoms with Gasteiger partial charge in [-0.25, -0.2) is 9.31 Å². The normalized spacial score (nSPS) is 15.2. The molecule has 40 heavy (non-hydrogen) atoms. The SMILES string of the molecule is CCCc1c(Cc2ccc(-c3ccccc3C#N)cc2)c(=O)n(C2CCC(=C(CC)C(=O)O)CC2)c2ncnn12. The molecule has 1 aliphatic carbocycles. The monoisotopic (exact) mass is 535 g/mol. The summed E-state index contributed by atoms with van der Waals surface area (Å²) in [5, 5.41) is 23.6. The Morgan fingerprint density at radius 1 is 1.10 bits per heavy atom. The molecule has 204 valence electrons. The number of nitrogens with zero attached hydrogens (tertiary/aromatic N) is 5. The zero-order valence-electron chi connectivity index (χ0n) is 22.9. The second-order valence-corrected chi connectivity index (χ2v) is 10.3. The van der Waals surface area contributed by atoms with Gasteiger partial charge in [0.05, 0.1) is 17.3 Å². The zero-order chi connectivity index (χ0) is 28.2. The second-order valence-electron chi connectivity index (χ2n) is 10.3. The third-order valence-electron chi connectivity index (χ3n) is 7.97. The molecule has 8 heteroatoms. The van der Waals surface area contributed by atoms with Gasteiger partial charge in [-0.15, -0.1) is 0 Å². The van der Waals surface area contributed by atoms with Crippen LogP contribution in [0, 0.1) is 11.3 Å². The molecule has 1 aliphatic rings. The average molecular weight is 536 g/mol. The maximum Gasteiger partial charge on any atom is 0.331 e. The van der Waals surface area contributed by atoms with Crippen LogP contribution >= 0.6 is 0 Å². The summed E-state index contributed by atoms with van der Waals surface area (Å²) in [5.74, 6) is -0.298. The number of aromatic nitrogens is 4. The van der Waals surface area contributed by atoms with Crippen LogP contribution in [0.3, 0.4) is 0 Å². The molecule has 8 nitrogen and oxygen atoms in total. The number of hydrogen-bond acceptors (Lipinski definition) is 5. The molecule has 4 aromatic rings. The van der Waals surface area contributed by atoms with Crippen LogP contribution in [0.1, 0.15) is 80.8 Å². The van der Waals surface area contributed by atoms with Crippen LogP contribution < -0.4 is 5.56 Å². The fourth-order valence-electron chi connectivity index (χ4n) is 5.98. The van der Waals surface area contributed by atoms with Crippen LogP contribution in [0.4, 0.5) is 0 Å². The van der Waals surface area contributed by atoms with E-state index in [0.717, 1.165) is 34.4 Å². The van der Waals surface area contributed by atoms with E-state index >= 15 is 0 Å². The van der Waals surface area contributed by atoms with Crippen molar-refractivity contribution < 1.29 is 9.90 Å². The van der Waals surface area contributed by atoms with Crippen molar-refractivity contribution in [3.05, 3.63) is 98.7 Å². The second kappa shape index (κ2) is 11.7. The molecule has 0 amide bonds. The van der Waals surface area contributed by atoms with E-state index < -0.39 is 5.97 Å². The minimum absolute atomic E-state index is 0.0470. The van der Waals surface area contributed by atoms with Gasteiger partial charge in [0.25, 0.3) is 5.56 Å². The summed E-state index contributed by atoms with van der Waals surface area (Å²) in [7, 11) is 0. The molecule has 0 bridgehead atoms. The number of benzene rings is 2. The Balaban J connectivity index is 1.52. The predicted octanol–water partition coefficient (Wildman–Crippen LogP) is 5.88. The topological polar surface area (TPSA) is 113 Å². The van der Waals surface area contributed by atoms with Crippen molar-refractivity contribution >= 4 is 11.7 Å². The molecule has 0 spiro atoms. The Bertz CT molecular complexity index is 1680. The van der Waals surface area contributed by atoms with E-state index in [4.69, 9.17) is 0 Å². The lowest BCUT2D eigenvalue weighted by molar-refractivity contribution is -0.132. The third kappa shape index (κ3) is 5.07. The van der Waals surface area contributed by atoms with Gasteiger partial charge >= 0.3 is 5.97 Å². The smallest absolute Gasteiger partial charge is 0.331 e. The van der Waals surface area contributed by atoms with E-state index in [1.807, 2.05) is 60.0 Å². The van der Waals surface area contributed by atoms with Crippen molar-refractivity contribution in [2.24, 2.45) is 0 Å². The third-order valence-corrected chi connectivity index (χ3v) is 7.97. The van der Waals surface area contributed by atoms with Gasteiger partial charge in [-0.05, 0) is 61.3 Å². The van der Waals surface area contributed by atoms with Gasteiger partial charge < -0.3 is 5.11 Å². The van der Waals surface area contributed by atoms with Crippen LogP contribution in [-0.2, 0) is 17.6 Å². The molecule has 0 saturated heterocycles. The summed E-state index contributed by atoms with van der Waals surface area (Å²) < 4.78 is 3.61. The summed E-state index contributed by atoms with van der Waals surface area (Å²) in [6.45, 7) is 3.96. The maximum atomic E-state index is 14.2. The molecule has 2 heterocycles. The standard InChI is InChI=1S/C32H33N5O3/c1-3-7-29-28(18-21-10-12-23(13-11-21)27-9-6-5-8-24(27)19-33)30(38)36(32-34-20-35-37(29)32)25-16-14-22(15-17-25)26(4-2)31(39)40/h5-6,8-13,20,25H,3-4,7,14-18H2,1-2H3,(H,39,40). The summed E-state index contributed by atoms with van der Waals surface area (Å²) in [6, 6.07) is 17.7. The maximum absolute atomic E-state index is 14.2. The van der Waals surface area contributed by atoms with Gasteiger partial charge in [-0.3, -0.25) is 9.36 Å². The van der Waals surface area contributed by atoms with Crippen LogP contribution in [0.15, 0.2) is 70.8 Å². The number of carboxylic acids is 1. The van der Waals surface area contributed by atoms with Crippen molar-refractivity contribution in [1.29, 1.82) is 5.26 Å². The van der Waals surface area contributed by atoms with Crippen molar-refractivity contribution in [3.8, 4) is 17.2 Å². The molecule has 0 radical (unpaired) electrons. The van der Waals surface area contributed by atoms with Gasteiger partial charge in [0.2, 0.25) is 5.78 Å². The lowest BCUT2D eigenvalue weighted by Crippen LogP contribution is -2.33. The molecule has 5 rings (SSSR count). The quantitative estimate of drug-likeness (QED) is 0.282. The average Bonchev–Trinajstić information content (AvgIpc) is 3.45. The van der Waals surface area contributed by atoms with E-state index in [1.54, 1.807) is 4.57 Å². The van der Waals surface area contributed by atoms with Crippen LogP contribution in [0.5, 0.6) is 0 Å². The highest BCUT2D eigenvalue weighted by atomic mass is 16.4. The first-order valence-electron chi connectivity index (χ1n) is 13.9. The van der Waals surface area contributed by atoms with Gasteiger partial charge in [-0.2, -0.15) is 15.3 Å². The van der Waals surface area contributed by atoms with Gasteiger partial charge in [-0.1, -0.05) is 68.3 Å². The number of allylic oxidation sites excluding steroid dienone is 1.